The average Bonchev–Trinajstić information content (AvgIpc) is 3.01. The molecule has 2 aromatic rings. The van der Waals surface area contributed by atoms with Crippen molar-refractivity contribution in [1.29, 1.82) is 5.26 Å². The number of nitriles is 1. The maximum atomic E-state index is 11.8. The molecule has 0 saturated carbocycles. The molecule has 4 nitrogen and oxygen atoms in total. The van der Waals surface area contributed by atoms with E-state index in [-0.39, 0.29) is 11.9 Å². The molecule has 5 heteroatoms. The van der Waals surface area contributed by atoms with Gasteiger partial charge in [-0.15, -0.1) is 0 Å². The third-order valence-corrected chi connectivity index (χ3v) is 4.56. The Morgan fingerprint density at radius 1 is 1.25 bits per heavy atom. The van der Waals surface area contributed by atoms with E-state index >= 15 is 0 Å². The van der Waals surface area contributed by atoms with Crippen molar-refractivity contribution in [3.63, 3.8) is 0 Å². The molecule has 1 amide bonds. The van der Waals surface area contributed by atoms with Gasteiger partial charge in [0.2, 0.25) is 5.91 Å². The maximum absolute atomic E-state index is 11.8. The zero-order chi connectivity index (χ0) is 17.1. The molecule has 1 N–H and O–H groups in total. The number of halogens is 1. The third-order valence-electron chi connectivity index (χ3n) is 4.25. The summed E-state index contributed by atoms with van der Waals surface area (Å²) in [6.07, 6.45) is 1.57. The summed E-state index contributed by atoms with van der Waals surface area (Å²) in [6, 6.07) is 15.5. The van der Waals surface area contributed by atoms with E-state index in [0.29, 0.717) is 17.0 Å². The highest BCUT2D eigenvalue weighted by Gasteiger charge is 2.21. The molecule has 0 aliphatic carbocycles. The number of hydrogen-bond donors (Lipinski definition) is 1. The minimum atomic E-state index is 0.0809. The molecular formula is C19H18ClN3O. The molecule has 1 unspecified atom stereocenters. The molecule has 0 bridgehead atoms. The van der Waals surface area contributed by atoms with Gasteiger partial charge in [-0.05, 0) is 49.2 Å². The highest BCUT2D eigenvalue weighted by molar-refractivity contribution is 6.32. The number of carbonyl (C=O) groups is 1. The summed E-state index contributed by atoms with van der Waals surface area (Å²) in [5.74, 6) is 0.196. The molecule has 24 heavy (non-hydrogen) atoms. The van der Waals surface area contributed by atoms with Crippen LogP contribution in [-0.4, -0.2) is 12.5 Å². The lowest BCUT2D eigenvalue weighted by atomic mass is 10.1. The van der Waals surface area contributed by atoms with Crippen LogP contribution in [-0.2, 0) is 4.79 Å². The Labute approximate surface area is 146 Å². The Morgan fingerprint density at radius 2 is 2.00 bits per heavy atom. The quantitative estimate of drug-likeness (QED) is 0.891. The fourth-order valence-corrected chi connectivity index (χ4v) is 3.12. The van der Waals surface area contributed by atoms with Crippen molar-refractivity contribution in [1.82, 2.24) is 0 Å². The smallest absolute Gasteiger partial charge is 0.227 e. The summed E-state index contributed by atoms with van der Waals surface area (Å²) in [4.78, 5) is 13.6. The van der Waals surface area contributed by atoms with Crippen LogP contribution in [0.3, 0.4) is 0 Å². The number of amides is 1. The zero-order valence-corrected chi connectivity index (χ0v) is 14.2. The Morgan fingerprint density at radius 3 is 2.58 bits per heavy atom. The van der Waals surface area contributed by atoms with Crippen molar-refractivity contribution in [3.8, 4) is 6.07 Å². The second kappa shape index (κ2) is 6.94. The SMILES string of the molecule is CC(Nc1ccc(C#N)c(Cl)c1)c1ccc(N2CCCC2=O)cc1. The topological polar surface area (TPSA) is 56.1 Å². The molecule has 0 spiro atoms. The van der Waals surface area contributed by atoms with Crippen molar-refractivity contribution in [2.45, 2.75) is 25.8 Å². The van der Waals surface area contributed by atoms with E-state index in [9.17, 15) is 4.79 Å². The van der Waals surface area contributed by atoms with Crippen molar-refractivity contribution < 1.29 is 4.79 Å². The van der Waals surface area contributed by atoms with Crippen LogP contribution < -0.4 is 10.2 Å². The first-order valence-electron chi connectivity index (χ1n) is 7.95. The molecule has 0 radical (unpaired) electrons. The van der Waals surface area contributed by atoms with Gasteiger partial charge in [0.25, 0.3) is 0 Å². The minimum Gasteiger partial charge on any atom is -0.378 e. The molecule has 1 saturated heterocycles. The van der Waals surface area contributed by atoms with Crippen molar-refractivity contribution in [3.05, 3.63) is 58.6 Å². The van der Waals surface area contributed by atoms with Gasteiger partial charge >= 0.3 is 0 Å². The summed E-state index contributed by atoms with van der Waals surface area (Å²) in [5, 5.41) is 12.7. The number of carbonyl (C=O) groups excluding carboxylic acids is 1. The molecule has 0 aromatic heterocycles. The number of nitrogens with zero attached hydrogens (tertiary/aromatic N) is 2. The number of benzene rings is 2. The van der Waals surface area contributed by atoms with Gasteiger partial charge in [0.1, 0.15) is 6.07 Å². The van der Waals surface area contributed by atoms with E-state index in [2.05, 4.69) is 18.3 Å². The summed E-state index contributed by atoms with van der Waals surface area (Å²) in [5.41, 5.74) is 3.40. The first kappa shape index (κ1) is 16.4. The normalized spacial score (nSPS) is 15.2. The average molecular weight is 340 g/mol. The Balaban J connectivity index is 1.71. The first-order chi connectivity index (χ1) is 11.6. The number of anilines is 2. The lowest BCUT2D eigenvalue weighted by Crippen LogP contribution is -2.23. The van der Waals surface area contributed by atoms with Crippen LogP contribution in [0.4, 0.5) is 11.4 Å². The van der Waals surface area contributed by atoms with Crippen LogP contribution >= 0.6 is 11.6 Å². The highest BCUT2D eigenvalue weighted by Crippen LogP contribution is 2.27. The number of hydrogen-bond acceptors (Lipinski definition) is 3. The molecular weight excluding hydrogens is 322 g/mol. The van der Waals surface area contributed by atoms with Gasteiger partial charge in [0.15, 0.2) is 0 Å². The first-order valence-corrected chi connectivity index (χ1v) is 8.33. The molecule has 3 rings (SSSR count). The Bertz CT molecular complexity index is 795. The van der Waals surface area contributed by atoms with Crippen LogP contribution in [0.1, 0.15) is 36.9 Å². The highest BCUT2D eigenvalue weighted by atomic mass is 35.5. The standard InChI is InChI=1S/C19H18ClN3O/c1-13(22-16-7-4-15(12-21)18(20)11-16)14-5-8-17(9-6-14)23-10-2-3-19(23)24/h4-9,11,13,22H,2-3,10H2,1H3. The van der Waals surface area contributed by atoms with Gasteiger partial charge in [0.05, 0.1) is 10.6 Å². The lowest BCUT2D eigenvalue weighted by molar-refractivity contribution is -0.117. The molecule has 1 aliphatic heterocycles. The lowest BCUT2D eigenvalue weighted by Gasteiger charge is -2.19. The van der Waals surface area contributed by atoms with Gasteiger partial charge in [-0.1, -0.05) is 23.7 Å². The van der Waals surface area contributed by atoms with Gasteiger partial charge in [-0.2, -0.15) is 5.26 Å². The molecule has 1 atom stereocenters. The minimum absolute atomic E-state index is 0.0809. The van der Waals surface area contributed by atoms with Crippen LogP contribution in [0.25, 0.3) is 0 Å². The predicted octanol–water partition coefficient (Wildman–Crippen LogP) is 4.51. The fourth-order valence-electron chi connectivity index (χ4n) is 2.89. The van der Waals surface area contributed by atoms with Crippen LogP contribution in [0.5, 0.6) is 0 Å². The summed E-state index contributed by atoms with van der Waals surface area (Å²) >= 11 is 6.07. The van der Waals surface area contributed by atoms with Gasteiger partial charge in [-0.25, -0.2) is 0 Å². The van der Waals surface area contributed by atoms with Crippen LogP contribution in [0, 0.1) is 11.3 Å². The van der Waals surface area contributed by atoms with Crippen molar-refractivity contribution in [2.24, 2.45) is 0 Å². The fraction of sp³-hybridized carbons (Fsp3) is 0.263. The summed E-state index contributed by atoms with van der Waals surface area (Å²) in [6.45, 7) is 2.86. The zero-order valence-electron chi connectivity index (χ0n) is 13.4. The second-order valence-electron chi connectivity index (χ2n) is 5.91. The second-order valence-corrected chi connectivity index (χ2v) is 6.32. The Kier molecular flexibility index (Phi) is 4.73. The molecule has 1 heterocycles. The largest absolute Gasteiger partial charge is 0.378 e. The van der Waals surface area contributed by atoms with Crippen LogP contribution in [0.2, 0.25) is 5.02 Å². The van der Waals surface area contributed by atoms with Gasteiger partial charge in [0, 0.05) is 30.4 Å². The van der Waals surface area contributed by atoms with E-state index in [1.165, 1.54) is 0 Å². The van der Waals surface area contributed by atoms with E-state index in [0.717, 1.165) is 29.9 Å². The van der Waals surface area contributed by atoms with E-state index in [4.69, 9.17) is 16.9 Å². The third kappa shape index (κ3) is 3.37. The summed E-state index contributed by atoms with van der Waals surface area (Å²) in [7, 11) is 0. The monoisotopic (exact) mass is 339 g/mol. The van der Waals surface area contributed by atoms with Gasteiger partial charge < -0.3 is 10.2 Å². The molecule has 122 valence electrons. The maximum Gasteiger partial charge on any atom is 0.227 e. The van der Waals surface area contributed by atoms with Crippen LogP contribution in [0.15, 0.2) is 42.5 Å². The van der Waals surface area contributed by atoms with Crippen molar-refractivity contribution in [2.75, 3.05) is 16.8 Å². The molecule has 1 aliphatic rings. The predicted molar refractivity (Wildman–Crippen MR) is 96.2 cm³/mol. The van der Waals surface area contributed by atoms with Crippen molar-refractivity contribution >= 4 is 28.9 Å². The van der Waals surface area contributed by atoms with E-state index < -0.39 is 0 Å². The summed E-state index contributed by atoms with van der Waals surface area (Å²) < 4.78 is 0. The van der Waals surface area contributed by atoms with Gasteiger partial charge in [-0.3, -0.25) is 4.79 Å². The molecule has 2 aromatic carbocycles. The Hall–Kier alpha value is -2.51. The number of rotatable bonds is 4. The number of nitrogens with one attached hydrogen (secondary N) is 1. The van der Waals surface area contributed by atoms with E-state index in [1.807, 2.05) is 35.2 Å². The van der Waals surface area contributed by atoms with E-state index in [1.54, 1.807) is 12.1 Å². The molecule has 1 fully saturated rings.